The maximum absolute atomic E-state index is 13.2. The van der Waals surface area contributed by atoms with Crippen molar-refractivity contribution >= 4 is 23.2 Å². The molecule has 2 aliphatic rings. The third kappa shape index (κ3) is 3.51. The first-order chi connectivity index (χ1) is 13.5. The Morgan fingerprint density at radius 3 is 2.82 bits per heavy atom. The van der Waals surface area contributed by atoms with Crippen molar-refractivity contribution in [2.75, 3.05) is 6.54 Å². The van der Waals surface area contributed by atoms with Gasteiger partial charge >= 0.3 is 0 Å². The summed E-state index contributed by atoms with van der Waals surface area (Å²) in [4.78, 5) is 40.1. The molecule has 2 fully saturated rings. The normalized spacial score (nSPS) is 26.5. The molecule has 2 saturated heterocycles. The van der Waals surface area contributed by atoms with Gasteiger partial charge in [0.2, 0.25) is 11.8 Å². The number of rotatable bonds is 7. The molecule has 4 heterocycles. The van der Waals surface area contributed by atoms with E-state index in [1.807, 2.05) is 18.5 Å². The smallest absolute Gasteiger partial charge is 0.236 e. The summed E-state index contributed by atoms with van der Waals surface area (Å²) < 4.78 is 0. The van der Waals surface area contributed by atoms with E-state index in [9.17, 15) is 9.59 Å². The number of carbonyl (C=O) groups is 2. The Bertz CT molecular complexity index is 856. The average Bonchev–Trinajstić information content (AvgIpc) is 3.38. The van der Waals surface area contributed by atoms with Crippen LogP contribution in [0.15, 0.2) is 23.3 Å². The average molecular weight is 401 g/mol. The number of nitrogens with one attached hydrogen (secondary N) is 1. The number of aromatic nitrogens is 3. The zero-order valence-electron chi connectivity index (χ0n) is 15.8. The maximum atomic E-state index is 13.2. The second kappa shape index (κ2) is 7.56. The van der Waals surface area contributed by atoms with Gasteiger partial charge in [0.1, 0.15) is 0 Å². The van der Waals surface area contributed by atoms with Crippen molar-refractivity contribution < 1.29 is 9.59 Å². The summed E-state index contributed by atoms with van der Waals surface area (Å²) in [6.07, 6.45) is 6.90. The molecule has 8 nitrogen and oxygen atoms in total. The van der Waals surface area contributed by atoms with Crippen molar-refractivity contribution in [1.29, 1.82) is 0 Å². The highest BCUT2D eigenvalue weighted by atomic mass is 32.1. The molecule has 0 aromatic carbocycles. The second-order valence-corrected chi connectivity index (χ2v) is 8.45. The fraction of sp³-hybridized carbons (Fsp3) is 0.526. The number of fused-ring (bicyclic) bond motifs is 2. The number of amides is 2. The molecule has 4 rings (SSSR count). The lowest BCUT2D eigenvalue weighted by Gasteiger charge is -2.36. The summed E-state index contributed by atoms with van der Waals surface area (Å²) in [5.41, 5.74) is 9.14. The van der Waals surface area contributed by atoms with Gasteiger partial charge in [-0.1, -0.05) is 0 Å². The highest BCUT2D eigenvalue weighted by Crippen LogP contribution is 2.52. The van der Waals surface area contributed by atoms with Gasteiger partial charge in [-0.15, -0.1) is 11.3 Å². The number of nitrogens with two attached hydrogens (primary N) is 1. The van der Waals surface area contributed by atoms with E-state index in [-0.39, 0.29) is 18.5 Å². The van der Waals surface area contributed by atoms with Gasteiger partial charge in [-0.2, -0.15) is 0 Å². The van der Waals surface area contributed by atoms with Crippen molar-refractivity contribution in [1.82, 2.24) is 25.2 Å². The molecular formula is C19H24N6O2S. The van der Waals surface area contributed by atoms with Crippen molar-refractivity contribution in [2.24, 2.45) is 11.1 Å². The highest BCUT2D eigenvalue weighted by Gasteiger charge is 2.59. The molecule has 0 spiro atoms. The molecule has 0 radical (unpaired) electrons. The lowest BCUT2D eigenvalue weighted by molar-refractivity contribution is -0.134. The van der Waals surface area contributed by atoms with Gasteiger partial charge in [-0.25, -0.2) is 4.98 Å². The van der Waals surface area contributed by atoms with Crippen molar-refractivity contribution in [3.63, 3.8) is 0 Å². The molecule has 2 aromatic rings. The van der Waals surface area contributed by atoms with E-state index < -0.39 is 11.3 Å². The fourth-order valence-corrected chi connectivity index (χ4v) is 5.30. The molecule has 0 saturated carbocycles. The molecular weight excluding hydrogens is 376 g/mol. The van der Waals surface area contributed by atoms with E-state index in [4.69, 9.17) is 5.73 Å². The summed E-state index contributed by atoms with van der Waals surface area (Å²) in [7, 11) is 0. The molecule has 2 aliphatic heterocycles. The van der Waals surface area contributed by atoms with E-state index in [0.29, 0.717) is 19.0 Å². The van der Waals surface area contributed by atoms with Gasteiger partial charge in [-0.05, 0) is 26.2 Å². The van der Waals surface area contributed by atoms with Crippen LogP contribution in [0.3, 0.4) is 0 Å². The fourth-order valence-electron chi connectivity index (χ4n) is 4.74. The molecule has 2 amide bonds. The van der Waals surface area contributed by atoms with Crippen LogP contribution in [-0.4, -0.2) is 50.3 Å². The van der Waals surface area contributed by atoms with E-state index in [1.165, 1.54) is 11.3 Å². The second-order valence-electron chi connectivity index (χ2n) is 7.73. The SMILES string of the molecule is Cc1cnc(CN2[C@@H]3CC[C@H]2[C@@](Cc2cscn2)(C(=O)NCC(N)=O)C3)cn1. The van der Waals surface area contributed by atoms with Crippen LogP contribution in [-0.2, 0) is 22.6 Å². The lowest BCUT2D eigenvalue weighted by Crippen LogP contribution is -2.51. The van der Waals surface area contributed by atoms with E-state index in [0.717, 1.165) is 36.3 Å². The number of hydrogen-bond acceptors (Lipinski definition) is 7. The Hall–Kier alpha value is -2.39. The van der Waals surface area contributed by atoms with Crippen molar-refractivity contribution in [3.8, 4) is 0 Å². The summed E-state index contributed by atoms with van der Waals surface area (Å²) in [5, 5.41) is 4.75. The standard InChI is InChI=1S/C19H24N6O2S/c1-12-6-22-14(7-21-12)9-25-15-2-3-16(25)19(5-15,4-13-10-28-11-24-13)18(27)23-8-17(20)26/h6-7,10-11,15-16H,2-5,8-9H2,1H3,(H2,20,26)(H,23,27)/t15-,16+,19+/m1/s1. The van der Waals surface area contributed by atoms with Crippen molar-refractivity contribution in [3.05, 3.63) is 40.4 Å². The number of carbonyl (C=O) groups excluding carboxylic acids is 2. The van der Waals surface area contributed by atoms with Crippen molar-refractivity contribution in [2.45, 2.75) is 51.2 Å². The van der Waals surface area contributed by atoms with Crippen LogP contribution < -0.4 is 11.1 Å². The van der Waals surface area contributed by atoms with E-state index in [2.05, 4.69) is 25.2 Å². The Morgan fingerprint density at radius 2 is 2.14 bits per heavy atom. The van der Waals surface area contributed by atoms with Crippen LogP contribution >= 0.6 is 11.3 Å². The third-order valence-corrected chi connectivity index (χ3v) is 6.55. The number of thiazole rings is 1. The minimum atomic E-state index is -0.607. The van der Waals surface area contributed by atoms with E-state index in [1.54, 1.807) is 11.7 Å². The first-order valence-electron chi connectivity index (χ1n) is 9.45. The molecule has 2 aromatic heterocycles. The Balaban J connectivity index is 1.60. The quantitative estimate of drug-likeness (QED) is 0.711. The molecule has 3 N–H and O–H groups in total. The molecule has 2 bridgehead atoms. The predicted molar refractivity (Wildman–Crippen MR) is 104 cm³/mol. The van der Waals surface area contributed by atoms with Gasteiger partial charge in [0.15, 0.2) is 0 Å². The Labute approximate surface area is 167 Å². The number of primary amides is 1. The van der Waals surface area contributed by atoms with Gasteiger partial charge in [-0.3, -0.25) is 24.5 Å². The topological polar surface area (TPSA) is 114 Å². The molecule has 28 heavy (non-hydrogen) atoms. The molecule has 0 unspecified atom stereocenters. The minimum absolute atomic E-state index is 0.0789. The number of hydrogen-bond donors (Lipinski definition) is 2. The Morgan fingerprint density at radius 1 is 1.29 bits per heavy atom. The minimum Gasteiger partial charge on any atom is -0.368 e. The number of aryl methyl sites for hydroxylation is 1. The molecule has 0 aliphatic carbocycles. The van der Waals surface area contributed by atoms with Gasteiger partial charge < -0.3 is 11.1 Å². The van der Waals surface area contributed by atoms with Gasteiger partial charge in [0.05, 0.1) is 34.6 Å². The van der Waals surface area contributed by atoms with Gasteiger partial charge in [0, 0.05) is 42.8 Å². The first-order valence-corrected chi connectivity index (χ1v) is 10.4. The third-order valence-electron chi connectivity index (χ3n) is 5.91. The summed E-state index contributed by atoms with van der Waals surface area (Å²) >= 11 is 1.53. The van der Waals surface area contributed by atoms with Crippen LogP contribution in [0.25, 0.3) is 0 Å². The first kappa shape index (κ1) is 18.9. The Kier molecular flexibility index (Phi) is 5.11. The monoisotopic (exact) mass is 400 g/mol. The maximum Gasteiger partial charge on any atom is 0.236 e. The summed E-state index contributed by atoms with van der Waals surface area (Å²) in [6, 6.07) is 0.390. The molecule has 148 valence electrons. The number of nitrogens with zero attached hydrogens (tertiary/aromatic N) is 4. The van der Waals surface area contributed by atoms with Crippen LogP contribution in [0.2, 0.25) is 0 Å². The van der Waals surface area contributed by atoms with Crippen LogP contribution in [0.1, 0.15) is 36.3 Å². The zero-order chi connectivity index (χ0) is 19.7. The zero-order valence-corrected chi connectivity index (χ0v) is 16.6. The van der Waals surface area contributed by atoms with Crippen LogP contribution in [0.5, 0.6) is 0 Å². The molecule has 9 heteroatoms. The molecule has 3 atom stereocenters. The lowest BCUT2D eigenvalue weighted by atomic mass is 9.70. The van der Waals surface area contributed by atoms with Crippen LogP contribution in [0, 0.1) is 12.3 Å². The summed E-state index contributed by atoms with van der Waals surface area (Å²) in [6.45, 7) is 2.45. The highest BCUT2D eigenvalue weighted by molar-refractivity contribution is 7.07. The van der Waals surface area contributed by atoms with Crippen LogP contribution in [0.4, 0.5) is 0 Å². The summed E-state index contributed by atoms with van der Waals surface area (Å²) in [5.74, 6) is -0.640. The van der Waals surface area contributed by atoms with Gasteiger partial charge in [0.25, 0.3) is 0 Å². The largest absolute Gasteiger partial charge is 0.368 e. The predicted octanol–water partition coefficient (Wildman–Crippen LogP) is 0.809. The van der Waals surface area contributed by atoms with E-state index >= 15 is 0 Å².